The Bertz CT molecular complexity index is 1130. The van der Waals surface area contributed by atoms with Crippen LogP contribution in [-0.2, 0) is 19.4 Å². The van der Waals surface area contributed by atoms with Crippen molar-refractivity contribution in [3.63, 3.8) is 0 Å². The molecule has 0 radical (unpaired) electrons. The van der Waals surface area contributed by atoms with Crippen molar-refractivity contribution < 1.29 is 27.8 Å². The van der Waals surface area contributed by atoms with Crippen LogP contribution in [0.15, 0.2) is 52.3 Å². The van der Waals surface area contributed by atoms with Crippen molar-refractivity contribution >= 4 is 38.9 Å². The largest absolute Gasteiger partial charge is 0.489 e. The molecule has 0 bridgehead atoms. The molecule has 0 amide bonds. The third-order valence-electron chi connectivity index (χ3n) is 6.56. The number of carbonyl (C=O) groups excluding carboxylic acids is 1. The van der Waals surface area contributed by atoms with Crippen LogP contribution in [0.5, 0.6) is 5.75 Å². The number of benzene rings is 2. The Morgan fingerprint density at radius 1 is 1.21 bits per heavy atom. The second-order valence-electron chi connectivity index (χ2n) is 8.91. The summed E-state index contributed by atoms with van der Waals surface area (Å²) in [6.07, 6.45) is 3.31. The van der Waals surface area contributed by atoms with Gasteiger partial charge in [-0.1, -0.05) is 32.0 Å². The summed E-state index contributed by atoms with van der Waals surface area (Å²) in [4.78, 5) is 14.8. The highest BCUT2D eigenvalue weighted by atomic mass is 32.2. The van der Waals surface area contributed by atoms with E-state index < -0.39 is 26.8 Å². The number of carbonyl (C=O) groups is 1. The van der Waals surface area contributed by atoms with Crippen molar-refractivity contribution in [2.24, 2.45) is 5.41 Å². The van der Waals surface area contributed by atoms with Gasteiger partial charge in [0.05, 0.1) is 28.3 Å². The monoisotopic (exact) mass is 507 g/mol. The van der Waals surface area contributed by atoms with E-state index in [0.29, 0.717) is 22.9 Å². The van der Waals surface area contributed by atoms with E-state index in [1.165, 1.54) is 31.9 Å². The van der Waals surface area contributed by atoms with Crippen LogP contribution in [0.25, 0.3) is 0 Å². The van der Waals surface area contributed by atoms with E-state index in [9.17, 15) is 18.3 Å². The molecule has 0 spiro atoms. The standard InChI is InChI=1S/C25H33NO6S2/c1-6-25(7-2)15-26(18-11-9-8-10-12-18)19-13-21(33-5)20(14-22(19)34(29,30)17-25)32-16-24(3,28)23(27)31-4/h8-14,28H,6-7,15-17H2,1-5H3. The summed E-state index contributed by atoms with van der Waals surface area (Å²) in [5.74, 6) is -0.500. The molecule has 2 aromatic rings. The van der Waals surface area contributed by atoms with Crippen molar-refractivity contribution in [2.45, 2.75) is 49.0 Å². The molecule has 186 valence electrons. The summed E-state index contributed by atoms with van der Waals surface area (Å²) in [6.45, 7) is 5.57. The van der Waals surface area contributed by atoms with E-state index in [0.717, 1.165) is 18.5 Å². The summed E-state index contributed by atoms with van der Waals surface area (Å²) in [6, 6.07) is 13.1. The number of sulfone groups is 1. The molecule has 1 aliphatic heterocycles. The number of esters is 1. The number of fused-ring (bicyclic) bond motifs is 1. The van der Waals surface area contributed by atoms with Gasteiger partial charge < -0.3 is 19.5 Å². The van der Waals surface area contributed by atoms with Crippen molar-refractivity contribution in [2.75, 3.05) is 37.2 Å². The molecule has 9 heteroatoms. The van der Waals surface area contributed by atoms with Gasteiger partial charge in [-0.05, 0) is 44.2 Å². The molecule has 1 aliphatic rings. The molecule has 2 aromatic carbocycles. The second kappa shape index (κ2) is 10.2. The Balaban J connectivity index is 2.17. The maximum absolute atomic E-state index is 13.7. The van der Waals surface area contributed by atoms with Gasteiger partial charge in [-0.2, -0.15) is 0 Å². The number of para-hydroxylation sites is 1. The number of hydrogen-bond donors (Lipinski definition) is 1. The summed E-state index contributed by atoms with van der Waals surface area (Å²) in [5, 5.41) is 10.4. The van der Waals surface area contributed by atoms with Crippen LogP contribution in [0.4, 0.5) is 11.4 Å². The van der Waals surface area contributed by atoms with Gasteiger partial charge in [0.2, 0.25) is 0 Å². The highest BCUT2D eigenvalue weighted by molar-refractivity contribution is 7.98. The molecule has 0 saturated heterocycles. The molecule has 7 nitrogen and oxygen atoms in total. The first-order valence-corrected chi connectivity index (χ1v) is 14.1. The number of aliphatic hydroxyl groups is 1. The lowest BCUT2D eigenvalue weighted by atomic mass is 9.83. The van der Waals surface area contributed by atoms with E-state index in [-0.39, 0.29) is 17.3 Å². The third-order valence-corrected chi connectivity index (χ3v) is 9.31. The van der Waals surface area contributed by atoms with Gasteiger partial charge in [0.1, 0.15) is 12.4 Å². The van der Waals surface area contributed by atoms with Gasteiger partial charge >= 0.3 is 5.97 Å². The Labute approximate surface area is 206 Å². The number of hydrogen-bond acceptors (Lipinski definition) is 8. The number of ether oxygens (including phenoxy) is 2. The molecule has 34 heavy (non-hydrogen) atoms. The van der Waals surface area contributed by atoms with Gasteiger partial charge in [-0.15, -0.1) is 11.8 Å². The van der Waals surface area contributed by atoms with Gasteiger partial charge in [0.15, 0.2) is 15.4 Å². The van der Waals surface area contributed by atoms with E-state index in [1.807, 2.05) is 56.5 Å². The van der Waals surface area contributed by atoms with E-state index in [4.69, 9.17) is 4.74 Å². The molecule has 1 atom stereocenters. The molecule has 0 aliphatic carbocycles. The van der Waals surface area contributed by atoms with Gasteiger partial charge in [0, 0.05) is 23.7 Å². The smallest absolute Gasteiger partial charge is 0.341 e. The normalized spacial score (nSPS) is 18.4. The van der Waals surface area contributed by atoms with E-state index in [1.54, 1.807) is 0 Å². The first-order valence-electron chi connectivity index (χ1n) is 11.2. The molecular formula is C25H33NO6S2. The zero-order valence-electron chi connectivity index (χ0n) is 20.3. The quantitative estimate of drug-likeness (QED) is 0.414. The first kappa shape index (κ1) is 26.4. The molecule has 3 rings (SSSR count). The van der Waals surface area contributed by atoms with Gasteiger partial charge in [-0.3, -0.25) is 0 Å². The molecule has 0 aromatic heterocycles. The third kappa shape index (κ3) is 5.21. The number of anilines is 2. The number of methoxy groups -OCH3 is 1. The summed E-state index contributed by atoms with van der Waals surface area (Å²) >= 11 is 1.40. The van der Waals surface area contributed by atoms with Crippen molar-refractivity contribution in [1.82, 2.24) is 0 Å². The fourth-order valence-electron chi connectivity index (χ4n) is 4.22. The topological polar surface area (TPSA) is 93.1 Å². The molecule has 0 saturated carbocycles. The van der Waals surface area contributed by atoms with Crippen LogP contribution in [0.3, 0.4) is 0 Å². The van der Waals surface area contributed by atoms with Crippen LogP contribution < -0.4 is 9.64 Å². The lowest BCUT2D eigenvalue weighted by Gasteiger charge is -2.35. The minimum absolute atomic E-state index is 0.0290. The van der Waals surface area contributed by atoms with E-state index >= 15 is 0 Å². The van der Waals surface area contributed by atoms with Crippen LogP contribution in [-0.4, -0.2) is 57.4 Å². The fourth-order valence-corrected chi connectivity index (χ4v) is 7.01. The number of nitrogens with zero attached hydrogens (tertiary/aromatic N) is 1. The Hall–Kier alpha value is -2.23. The Morgan fingerprint density at radius 3 is 2.41 bits per heavy atom. The fraction of sp³-hybridized carbons (Fsp3) is 0.480. The average Bonchev–Trinajstić information content (AvgIpc) is 2.94. The van der Waals surface area contributed by atoms with Crippen LogP contribution in [0.1, 0.15) is 33.6 Å². The van der Waals surface area contributed by atoms with Gasteiger partial charge in [-0.25, -0.2) is 13.2 Å². The highest BCUT2D eigenvalue weighted by Gasteiger charge is 2.41. The lowest BCUT2D eigenvalue weighted by molar-refractivity contribution is -0.163. The zero-order chi connectivity index (χ0) is 25.1. The molecular weight excluding hydrogens is 474 g/mol. The minimum atomic E-state index is -3.66. The van der Waals surface area contributed by atoms with Crippen LogP contribution in [0.2, 0.25) is 0 Å². The Kier molecular flexibility index (Phi) is 7.89. The molecule has 0 fully saturated rings. The lowest BCUT2D eigenvalue weighted by Crippen LogP contribution is -2.42. The SMILES string of the molecule is CCC1(CC)CN(c2ccccc2)c2cc(SC)c(OCC(C)(O)C(=O)OC)cc2S(=O)(=O)C1. The zero-order valence-corrected chi connectivity index (χ0v) is 22.0. The molecule has 1 heterocycles. The minimum Gasteiger partial charge on any atom is -0.489 e. The predicted molar refractivity (Wildman–Crippen MR) is 135 cm³/mol. The van der Waals surface area contributed by atoms with Crippen molar-refractivity contribution in [1.29, 1.82) is 0 Å². The summed E-state index contributed by atoms with van der Waals surface area (Å²) in [7, 11) is -2.47. The van der Waals surface area contributed by atoms with Crippen molar-refractivity contribution in [3.05, 3.63) is 42.5 Å². The number of rotatable bonds is 8. The summed E-state index contributed by atoms with van der Waals surface area (Å²) < 4.78 is 37.8. The first-order chi connectivity index (χ1) is 16.0. The Morgan fingerprint density at radius 2 is 1.85 bits per heavy atom. The molecule has 1 unspecified atom stereocenters. The maximum atomic E-state index is 13.7. The molecule has 1 N–H and O–H groups in total. The predicted octanol–water partition coefficient (Wildman–Crippen LogP) is 4.44. The van der Waals surface area contributed by atoms with Gasteiger partial charge in [0.25, 0.3) is 0 Å². The maximum Gasteiger partial charge on any atom is 0.341 e. The average molecular weight is 508 g/mol. The van der Waals surface area contributed by atoms with Crippen LogP contribution >= 0.6 is 11.8 Å². The van der Waals surface area contributed by atoms with Crippen LogP contribution in [0, 0.1) is 5.41 Å². The van der Waals surface area contributed by atoms with E-state index in [2.05, 4.69) is 9.64 Å². The number of thioether (sulfide) groups is 1. The highest BCUT2D eigenvalue weighted by Crippen LogP contribution is 2.46. The van der Waals surface area contributed by atoms with Crippen molar-refractivity contribution in [3.8, 4) is 5.75 Å². The second-order valence-corrected chi connectivity index (χ2v) is 11.7. The summed E-state index contributed by atoms with van der Waals surface area (Å²) in [5.41, 5.74) is -0.762.